The van der Waals surface area contributed by atoms with E-state index in [-0.39, 0.29) is 12.3 Å². The van der Waals surface area contributed by atoms with Crippen molar-refractivity contribution in [1.82, 2.24) is 15.2 Å². The zero-order valence-electron chi connectivity index (χ0n) is 17.0. The largest absolute Gasteiger partial charge is 0.496 e. The van der Waals surface area contributed by atoms with Gasteiger partial charge in [0.15, 0.2) is 0 Å². The first-order chi connectivity index (χ1) is 15.1. The van der Waals surface area contributed by atoms with Crippen molar-refractivity contribution < 1.29 is 13.9 Å². The van der Waals surface area contributed by atoms with Gasteiger partial charge in [-0.25, -0.2) is 4.98 Å². The summed E-state index contributed by atoms with van der Waals surface area (Å²) >= 11 is 2.87. The number of ether oxygens (including phenoxy) is 1. The van der Waals surface area contributed by atoms with Gasteiger partial charge >= 0.3 is 0 Å². The molecule has 1 N–H and O–H groups in total. The van der Waals surface area contributed by atoms with Crippen LogP contribution in [0.1, 0.15) is 16.3 Å². The fourth-order valence-corrected chi connectivity index (χ4v) is 4.43. The maximum atomic E-state index is 12.3. The third-order valence-electron chi connectivity index (χ3n) is 4.42. The molecule has 0 saturated heterocycles. The summed E-state index contributed by atoms with van der Waals surface area (Å²) in [5, 5.41) is 14.3. The van der Waals surface area contributed by atoms with Crippen LogP contribution in [0, 0.1) is 6.92 Å². The van der Waals surface area contributed by atoms with Crippen LogP contribution in [0.3, 0.4) is 0 Å². The van der Waals surface area contributed by atoms with Crippen LogP contribution in [-0.4, -0.2) is 28.2 Å². The highest BCUT2D eigenvalue weighted by molar-refractivity contribution is 7.98. The van der Waals surface area contributed by atoms with Gasteiger partial charge in [0.2, 0.25) is 5.91 Å². The number of anilines is 1. The molecule has 0 spiro atoms. The van der Waals surface area contributed by atoms with Gasteiger partial charge in [-0.15, -0.1) is 21.5 Å². The standard InChI is InChI=1S/C22H20N4O3S2/c1-14-7-3-5-9-17(14)24-19(27)11-20-23-15(12-30-20)13-31-22-26-25-21(29-22)16-8-4-6-10-18(16)28-2/h3-10,12H,11,13H2,1-2H3,(H,24,27). The van der Waals surface area contributed by atoms with E-state index in [4.69, 9.17) is 9.15 Å². The molecule has 2 aromatic carbocycles. The van der Waals surface area contributed by atoms with Gasteiger partial charge in [0.25, 0.3) is 11.1 Å². The quantitative estimate of drug-likeness (QED) is 0.377. The Morgan fingerprint density at radius 3 is 2.81 bits per heavy atom. The Bertz CT molecular complexity index is 1190. The molecule has 0 bridgehead atoms. The SMILES string of the molecule is COc1ccccc1-c1nnc(SCc2csc(CC(=O)Nc3ccccc3C)n2)o1. The number of para-hydroxylation sites is 2. The first kappa shape index (κ1) is 21.1. The number of nitrogens with one attached hydrogen (secondary N) is 1. The molecule has 1 amide bonds. The van der Waals surface area contributed by atoms with Crippen LogP contribution >= 0.6 is 23.1 Å². The summed E-state index contributed by atoms with van der Waals surface area (Å²) in [7, 11) is 1.60. The fraction of sp³-hybridized carbons (Fsp3) is 0.182. The van der Waals surface area contributed by atoms with Crippen molar-refractivity contribution in [3.05, 3.63) is 70.2 Å². The van der Waals surface area contributed by atoms with Gasteiger partial charge in [0, 0.05) is 16.8 Å². The van der Waals surface area contributed by atoms with E-state index in [1.807, 2.05) is 60.8 Å². The topological polar surface area (TPSA) is 90.1 Å². The minimum absolute atomic E-state index is 0.0822. The average molecular weight is 453 g/mol. The third kappa shape index (κ3) is 5.31. The summed E-state index contributed by atoms with van der Waals surface area (Å²) < 4.78 is 11.1. The summed E-state index contributed by atoms with van der Waals surface area (Å²) in [6, 6.07) is 15.2. The first-order valence-corrected chi connectivity index (χ1v) is 11.4. The van der Waals surface area contributed by atoms with Crippen molar-refractivity contribution in [1.29, 1.82) is 0 Å². The van der Waals surface area contributed by atoms with Crippen LogP contribution in [-0.2, 0) is 17.0 Å². The minimum Gasteiger partial charge on any atom is -0.496 e. The van der Waals surface area contributed by atoms with Crippen molar-refractivity contribution in [2.75, 3.05) is 12.4 Å². The second-order valence-electron chi connectivity index (χ2n) is 6.63. The number of rotatable bonds is 8. The Labute approximate surface area is 187 Å². The fourth-order valence-electron chi connectivity index (χ4n) is 2.88. The number of thiazole rings is 1. The second-order valence-corrected chi connectivity index (χ2v) is 8.50. The number of nitrogens with zero attached hydrogens (tertiary/aromatic N) is 3. The maximum Gasteiger partial charge on any atom is 0.277 e. The molecule has 0 aliphatic heterocycles. The van der Waals surface area contributed by atoms with Crippen molar-refractivity contribution in [3.63, 3.8) is 0 Å². The Hall–Kier alpha value is -3.17. The van der Waals surface area contributed by atoms with Gasteiger partial charge in [0.1, 0.15) is 10.8 Å². The van der Waals surface area contributed by atoms with Crippen LogP contribution in [0.2, 0.25) is 0 Å². The van der Waals surface area contributed by atoms with Crippen molar-refractivity contribution in [2.45, 2.75) is 24.3 Å². The van der Waals surface area contributed by atoms with Crippen molar-refractivity contribution in [3.8, 4) is 17.2 Å². The van der Waals surface area contributed by atoms with E-state index in [9.17, 15) is 4.79 Å². The number of benzene rings is 2. The normalized spacial score (nSPS) is 10.8. The molecular weight excluding hydrogens is 432 g/mol. The zero-order chi connectivity index (χ0) is 21.6. The molecule has 0 aliphatic carbocycles. The zero-order valence-corrected chi connectivity index (χ0v) is 18.6. The summed E-state index contributed by atoms with van der Waals surface area (Å²) in [6.07, 6.45) is 0.238. The number of aromatic nitrogens is 3. The summed E-state index contributed by atoms with van der Waals surface area (Å²) in [5.41, 5.74) is 3.46. The van der Waals surface area contributed by atoms with Gasteiger partial charge in [0.05, 0.1) is 24.8 Å². The summed E-state index contributed by atoms with van der Waals surface area (Å²) in [5.74, 6) is 1.58. The summed E-state index contributed by atoms with van der Waals surface area (Å²) in [6.45, 7) is 1.96. The van der Waals surface area contributed by atoms with Crippen molar-refractivity contribution >= 4 is 34.7 Å². The molecule has 4 aromatic rings. The predicted molar refractivity (Wildman–Crippen MR) is 121 cm³/mol. The molecule has 0 fully saturated rings. The number of hydrogen-bond acceptors (Lipinski definition) is 8. The lowest BCUT2D eigenvalue weighted by atomic mass is 10.2. The number of aryl methyl sites for hydroxylation is 1. The molecule has 31 heavy (non-hydrogen) atoms. The molecule has 7 nitrogen and oxygen atoms in total. The summed E-state index contributed by atoms with van der Waals surface area (Å²) in [4.78, 5) is 16.9. The van der Waals surface area contributed by atoms with Gasteiger partial charge in [-0.05, 0) is 30.7 Å². The molecule has 0 radical (unpaired) electrons. The smallest absolute Gasteiger partial charge is 0.277 e. The van der Waals surface area contributed by atoms with Crippen LogP contribution in [0.15, 0.2) is 63.6 Å². The van der Waals surface area contributed by atoms with Crippen LogP contribution in [0.5, 0.6) is 5.75 Å². The van der Waals surface area contributed by atoms with Gasteiger partial charge < -0.3 is 14.5 Å². The Morgan fingerprint density at radius 1 is 1.16 bits per heavy atom. The van der Waals surface area contributed by atoms with Gasteiger partial charge in [-0.3, -0.25) is 4.79 Å². The van der Waals surface area contributed by atoms with Crippen LogP contribution in [0.4, 0.5) is 5.69 Å². The lowest BCUT2D eigenvalue weighted by Gasteiger charge is -2.06. The first-order valence-electron chi connectivity index (χ1n) is 9.51. The molecule has 0 unspecified atom stereocenters. The van der Waals surface area contributed by atoms with E-state index in [2.05, 4.69) is 20.5 Å². The number of carbonyl (C=O) groups excluding carboxylic acids is 1. The molecular formula is C22H20N4O3S2. The van der Waals surface area contributed by atoms with Gasteiger partial charge in [-0.1, -0.05) is 42.1 Å². The second kappa shape index (κ2) is 9.76. The van der Waals surface area contributed by atoms with E-state index < -0.39 is 0 Å². The van der Waals surface area contributed by atoms with Crippen LogP contribution in [0.25, 0.3) is 11.5 Å². The Kier molecular flexibility index (Phi) is 6.63. The molecule has 2 heterocycles. The van der Waals surface area contributed by atoms with Crippen LogP contribution < -0.4 is 10.1 Å². The molecule has 2 aromatic heterocycles. The number of thioether (sulfide) groups is 1. The molecule has 158 valence electrons. The maximum absolute atomic E-state index is 12.3. The molecule has 0 atom stereocenters. The number of methoxy groups -OCH3 is 1. The highest BCUT2D eigenvalue weighted by Gasteiger charge is 2.14. The third-order valence-corrected chi connectivity index (χ3v) is 6.17. The van der Waals surface area contributed by atoms with Gasteiger partial charge in [-0.2, -0.15) is 0 Å². The number of carbonyl (C=O) groups is 1. The Balaban J connectivity index is 1.33. The number of hydrogen-bond donors (Lipinski definition) is 1. The molecule has 9 heteroatoms. The lowest BCUT2D eigenvalue weighted by molar-refractivity contribution is -0.115. The highest BCUT2D eigenvalue weighted by Crippen LogP contribution is 2.31. The van der Waals surface area contributed by atoms with E-state index in [0.717, 1.165) is 27.5 Å². The highest BCUT2D eigenvalue weighted by atomic mass is 32.2. The van der Waals surface area contributed by atoms with E-state index in [0.29, 0.717) is 22.6 Å². The predicted octanol–water partition coefficient (Wildman–Crippen LogP) is 4.98. The monoisotopic (exact) mass is 452 g/mol. The van der Waals surface area contributed by atoms with Crippen molar-refractivity contribution in [2.24, 2.45) is 0 Å². The lowest BCUT2D eigenvalue weighted by Crippen LogP contribution is -2.15. The minimum atomic E-state index is -0.0822. The van der Waals surface area contributed by atoms with E-state index in [1.54, 1.807) is 7.11 Å². The molecule has 0 saturated carbocycles. The average Bonchev–Trinajstić information content (AvgIpc) is 3.43. The Morgan fingerprint density at radius 2 is 1.97 bits per heavy atom. The van der Waals surface area contributed by atoms with E-state index in [1.165, 1.54) is 23.1 Å². The molecule has 4 rings (SSSR count). The number of amides is 1. The molecule has 0 aliphatic rings. The van der Waals surface area contributed by atoms with E-state index >= 15 is 0 Å².